The molecular formula is C12H19N3S2. The molecule has 0 bridgehead atoms. The molecule has 0 aliphatic rings. The first-order valence-corrected chi connectivity index (χ1v) is 7.70. The van der Waals surface area contributed by atoms with Gasteiger partial charge >= 0.3 is 0 Å². The summed E-state index contributed by atoms with van der Waals surface area (Å²) in [6, 6.07) is 2.33. The molecule has 0 saturated carbocycles. The highest BCUT2D eigenvalue weighted by atomic mass is 32.2. The molecule has 3 nitrogen and oxygen atoms in total. The van der Waals surface area contributed by atoms with Crippen LogP contribution >= 0.6 is 23.3 Å². The molecule has 0 radical (unpaired) electrons. The van der Waals surface area contributed by atoms with Crippen LogP contribution in [0.1, 0.15) is 45.9 Å². The molecule has 0 N–H and O–H groups in total. The summed E-state index contributed by atoms with van der Waals surface area (Å²) >= 11 is 3.27. The van der Waals surface area contributed by atoms with E-state index >= 15 is 0 Å². The molecule has 5 heteroatoms. The first-order chi connectivity index (χ1) is 8.07. The van der Waals surface area contributed by atoms with E-state index in [0.29, 0.717) is 0 Å². The van der Waals surface area contributed by atoms with Gasteiger partial charge in [-0.05, 0) is 38.2 Å². The van der Waals surface area contributed by atoms with Crippen LogP contribution in [0.15, 0.2) is 4.34 Å². The molecule has 1 aromatic heterocycles. The number of rotatable bonds is 7. The molecule has 0 aromatic carbocycles. The Kier molecular flexibility index (Phi) is 5.93. The van der Waals surface area contributed by atoms with Gasteiger partial charge in [-0.1, -0.05) is 25.1 Å². The molecule has 0 amide bonds. The van der Waals surface area contributed by atoms with E-state index in [4.69, 9.17) is 5.26 Å². The molecule has 17 heavy (non-hydrogen) atoms. The first kappa shape index (κ1) is 14.5. The Labute approximate surface area is 112 Å². The van der Waals surface area contributed by atoms with E-state index in [1.165, 1.54) is 11.5 Å². The minimum absolute atomic E-state index is 0.178. The Balaban J connectivity index is 2.15. The van der Waals surface area contributed by atoms with Crippen molar-refractivity contribution in [3.05, 3.63) is 5.82 Å². The average molecular weight is 269 g/mol. The number of nitriles is 1. The van der Waals surface area contributed by atoms with Gasteiger partial charge in [0.15, 0.2) is 4.34 Å². The van der Waals surface area contributed by atoms with Crippen LogP contribution in [0.25, 0.3) is 0 Å². The van der Waals surface area contributed by atoms with E-state index in [-0.39, 0.29) is 5.41 Å². The maximum atomic E-state index is 8.89. The van der Waals surface area contributed by atoms with Crippen molar-refractivity contribution in [3.8, 4) is 6.07 Å². The second kappa shape index (κ2) is 6.97. The smallest absolute Gasteiger partial charge is 0.170 e. The van der Waals surface area contributed by atoms with Crippen LogP contribution in [0.5, 0.6) is 0 Å². The number of hydrogen-bond acceptors (Lipinski definition) is 5. The quantitative estimate of drug-likeness (QED) is 0.556. The van der Waals surface area contributed by atoms with Gasteiger partial charge in [0.2, 0.25) is 0 Å². The number of hydrogen-bond donors (Lipinski definition) is 0. The fourth-order valence-electron chi connectivity index (χ4n) is 1.32. The molecular weight excluding hydrogens is 250 g/mol. The summed E-state index contributed by atoms with van der Waals surface area (Å²) in [7, 11) is 0. The monoisotopic (exact) mass is 269 g/mol. The van der Waals surface area contributed by atoms with Crippen molar-refractivity contribution in [1.82, 2.24) is 9.36 Å². The molecule has 0 saturated heterocycles. The highest BCUT2D eigenvalue weighted by Gasteiger charge is 2.15. The third-order valence-electron chi connectivity index (χ3n) is 2.49. The average Bonchev–Trinajstić information content (AvgIpc) is 2.76. The molecule has 0 atom stereocenters. The van der Waals surface area contributed by atoms with Crippen LogP contribution in [0.3, 0.4) is 0 Å². The fourth-order valence-corrected chi connectivity index (χ4v) is 3.09. The Hall–Kier alpha value is -0.600. The van der Waals surface area contributed by atoms with Crippen molar-refractivity contribution in [2.45, 2.75) is 50.8 Å². The van der Waals surface area contributed by atoms with Gasteiger partial charge in [0.1, 0.15) is 5.82 Å². The van der Waals surface area contributed by atoms with Crippen LogP contribution in [-0.4, -0.2) is 15.1 Å². The molecule has 1 rings (SSSR count). The summed E-state index contributed by atoms with van der Waals surface area (Å²) in [6.07, 6.45) is 4.12. The van der Waals surface area contributed by atoms with Gasteiger partial charge in [-0.25, -0.2) is 4.98 Å². The lowest BCUT2D eigenvalue weighted by molar-refractivity contribution is 0.433. The minimum Gasteiger partial charge on any atom is -0.213 e. The van der Waals surface area contributed by atoms with Crippen molar-refractivity contribution in [1.29, 1.82) is 5.26 Å². The zero-order chi connectivity index (χ0) is 12.7. The fraction of sp³-hybridized carbons (Fsp3) is 0.750. The zero-order valence-electron chi connectivity index (χ0n) is 10.7. The molecule has 0 spiro atoms. The zero-order valence-corrected chi connectivity index (χ0v) is 12.3. The van der Waals surface area contributed by atoms with Crippen molar-refractivity contribution in [2.24, 2.45) is 5.41 Å². The van der Waals surface area contributed by atoms with E-state index in [1.807, 2.05) is 13.8 Å². The Morgan fingerprint density at radius 3 is 2.76 bits per heavy atom. The van der Waals surface area contributed by atoms with Crippen LogP contribution in [0.2, 0.25) is 0 Å². The number of unbranched alkanes of at least 4 members (excludes halogenated alkanes) is 1. The Morgan fingerprint density at radius 2 is 2.18 bits per heavy atom. The maximum Gasteiger partial charge on any atom is 0.170 e. The van der Waals surface area contributed by atoms with Gasteiger partial charge in [0.25, 0.3) is 0 Å². The molecule has 1 aromatic rings. The van der Waals surface area contributed by atoms with E-state index in [0.717, 1.165) is 41.6 Å². The van der Waals surface area contributed by atoms with Gasteiger partial charge in [-0.3, -0.25) is 0 Å². The van der Waals surface area contributed by atoms with Gasteiger partial charge in [-0.15, -0.1) is 0 Å². The summed E-state index contributed by atoms with van der Waals surface area (Å²) in [4.78, 5) is 4.41. The third kappa shape index (κ3) is 5.51. The summed E-state index contributed by atoms with van der Waals surface area (Å²) in [5.74, 6) is 2.02. The predicted octanol–water partition coefficient (Wildman–Crippen LogP) is 3.91. The Morgan fingerprint density at radius 1 is 1.41 bits per heavy atom. The Bertz CT molecular complexity index is 379. The number of thioether (sulfide) groups is 1. The van der Waals surface area contributed by atoms with Crippen molar-refractivity contribution >= 4 is 23.3 Å². The first-order valence-electron chi connectivity index (χ1n) is 5.94. The largest absolute Gasteiger partial charge is 0.213 e. The standard InChI is InChI=1S/C12H19N3S2/c1-4-10-14-11(17-15-10)16-8-6-5-7-12(2,3)9-13/h4-8H2,1-3H3. The van der Waals surface area contributed by atoms with Crippen molar-refractivity contribution in [3.63, 3.8) is 0 Å². The summed E-state index contributed by atoms with van der Waals surface area (Å²) in [6.45, 7) is 6.07. The molecule has 0 fully saturated rings. The highest BCUT2D eigenvalue weighted by Crippen LogP contribution is 2.25. The number of nitrogens with zero attached hydrogens (tertiary/aromatic N) is 3. The van der Waals surface area contributed by atoms with Crippen LogP contribution in [-0.2, 0) is 6.42 Å². The van der Waals surface area contributed by atoms with E-state index < -0.39 is 0 Å². The van der Waals surface area contributed by atoms with E-state index in [1.54, 1.807) is 11.8 Å². The molecule has 0 aliphatic heterocycles. The summed E-state index contributed by atoms with van der Waals surface area (Å²) < 4.78 is 5.32. The van der Waals surface area contributed by atoms with Gasteiger partial charge in [0.05, 0.1) is 11.5 Å². The molecule has 0 unspecified atom stereocenters. The van der Waals surface area contributed by atoms with Gasteiger partial charge < -0.3 is 0 Å². The molecule has 0 aliphatic carbocycles. The van der Waals surface area contributed by atoms with Crippen molar-refractivity contribution < 1.29 is 0 Å². The second-order valence-electron chi connectivity index (χ2n) is 4.63. The third-order valence-corrected chi connectivity index (χ3v) is 4.45. The minimum atomic E-state index is -0.178. The predicted molar refractivity (Wildman–Crippen MR) is 73.3 cm³/mol. The maximum absolute atomic E-state index is 8.89. The van der Waals surface area contributed by atoms with Gasteiger partial charge in [0, 0.05) is 12.2 Å². The highest BCUT2D eigenvalue weighted by molar-refractivity contribution is 8.00. The number of aromatic nitrogens is 2. The van der Waals surface area contributed by atoms with Gasteiger partial charge in [-0.2, -0.15) is 9.64 Å². The lowest BCUT2D eigenvalue weighted by Gasteiger charge is -2.13. The topological polar surface area (TPSA) is 49.6 Å². The normalized spacial score (nSPS) is 11.4. The van der Waals surface area contributed by atoms with Crippen molar-refractivity contribution in [2.75, 3.05) is 5.75 Å². The summed E-state index contributed by atoms with van der Waals surface area (Å²) in [5.41, 5.74) is -0.178. The van der Waals surface area contributed by atoms with Crippen LogP contribution < -0.4 is 0 Å². The lowest BCUT2D eigenvalue weighted by Crippen LogP contribution is -2.07. The molecule has 1 heterocycles. The summed E-state index contributed by atoms with van der Waals surface area (Å²) in [5, 5.41) is 8.89. The lowest BCUT2D eigenvalue weighted by atomic mass is 9.89. The molecule has 94 valence electrons. The SMILES string of the molecule is CCc1nsc(SCCCCC(C)(C)C#N)n1. The van der Waals surface area contributed by atoms with E-state index in [2.05, 4.69) is 22.4 Å². The number of aryl methyl sites for hydroxylation is 1. The van der Waals surface area contributed by atoms with Crippen LogP contribution in [0, 0.1) is 16.7 Å². The second-order valence-corrected chi connectivity index (χ2v) is 6.73. The van der Waals surface area contributed by atoms with E-state index in [9.17, 15) is 0 Å². The van der Waals surface area contributed by atoms with Crippen LogP contribution in [0.4, 0.5) is 0 Å².